The summed E-state index contributed by atoms with van der Waals surface area (Å²) in [6.45, 7) is 8.95. The zero-order chi connectivity index (χ0) is 14.6. The van der Waals surface area contributed by atoms with Gasteiger partial charge < -0.3 is 10.1 Å². The summed E-state index contributed by atoms with van der Waals surface area (Å²) in [7, 11) is 0. The Bertz CT molecular complexity index is 544. The van der Waals surface area contributed by atoms with Crippen LogP contribution in [-0.2, 0) is 6.54 Å². The van der Waals surface area contributed by atoms with Crippen LogP contribution < -0.4 is 10.1 Å². The Hall–Kier alpha value is -2.01. The number of rotatable bonds is 4. The molecule has 0 fully saturated rings. The third-order valence-corrected chi connectivity index (χ3v) is 2.59. The standard InChI is InChI=1S/C15H20N4O/c1-11-5-6-13(9-16-11)20-14-10-17-12(7-18-14)8-19-15(2,3)4/h5-7,9-10,19H,8H2,1-4H3. The van der Waals surface area contributed by atoms with Crippen LogP contribution >= 0.6 is 0 Å². The van der Waals surface area contributed by atoms with E-state index >= 15 is 0 Å². The first-order valence-corrected chi connectivity index (χ1v) is 6.59. The summed E-state index contributed by atoms with van der Waals surface area (Å²) in [4.78, 5) is 12.7. The Labute approximate surface area is 119 Å². The number of aryl methyl sites for hydroxylation is 1. The molecule has 5 heteroatoms. The van der Waals surface area contributed by atoms with Crippen LogP contribution in [-0.4, -0.2) is 20.5 Å². The van der Waals surface area contributed by atoms with Gasteiger partial charge in [-0.3, -0.25) is 9.97 Å². The van der Waals surface area contributed by atoms with Crippen LogP contribution in [0.15, 0.2) is 30.7 Å². The quantitative estimate of drug-likeness (QED) is 0.927. The lowest BCUT2D eigenvalue weighted by atomic mass is 10.1. The first kappa shape index (κ1) is 14.4. The van der Waals surface area contributed by atoms with Gasteiger partial charge in [-0.05, 0) is 39.8 Å². The third-order valence-electron chi connectivity index (χ3n) is 2.59. The molecule has 20 heavy (non-hydrogen) atoms. The van der Waals surface area contributed by atoms with Crippen LogP contribution in [0.1, 0.15) is 32.2 Å². The summed E-state index contributed by atoms with van der Waals surface area (Å²) in [6.07, 6.45) is 5.02. The molecular weight excluding hydrogens is 252 g/mol. The highest BCUT2D eigenvalue weighted by atomic mass is 16.5. The monoisotopic (exact) mass is 272 g/mol. The summed E-state index contributed by atoms with van der Waals surface area (Å²) in [5, 5.41) is 3.36. The number of hydrogen-bond acceptors (Lipinski definition) is 5. The van der Waals surface area contributed by atoms with E-state index in [4.69, 9.17) is 4.74 Å². The average molecular weight is 272 g/mol. The first-order chi connectivity index (χ1) is 9.42. The fourth-order valence-electron chi connectivity index (χ4n) is 1.48. The Kier molecular flexibility index (Phi) is 4.29. The summed E-state index contributed by atoms with van der Waals surface area (Å²) in [5.74, 6) is 1.13. The number of pyridine rings is 1. The Morgan fingerprint density at radius 1 is 1.05 bits per heavy atom. The van der Waals surface area contributed by atoms with Gasteiger partial charge in [0.1, 0.15) is 5.75 Å². The van der Waals surface area contributed by atoms with E-state index in [-0.39, 0.29) is 5.54 Å². The molecular formula is C15H20N4O. The number of nitrogens with zero attached hydrogens (tertiary/aromatic N) is 3. The molecule has 1 N–H and O–H groups in total. The molecule has 0 saturated carbocycles. The predicted octanol–water partition coefficient (Wildman–Crippen LogP) is 2.86. The van der Waals surface area contributed by atoms with E-state index < -0.39 is 0 Å². The van der Waals surface area contributed by atoms with Crippen molar-refractivity contribution in [2.24, 2.45) is 0 Å². The van der Waals surface area contributed by atoms with E-state index in [9.17, 15) is 0 Å². The van der Waals surface area contributed by atoms with E-state index in [1.54, 1.807) is 18.6 Å². The van der Waals surface area contributed by atoms with E-state index in [2.05, 4.69) is 41.0 Å². The fraction of sp³-hybridized carbons (Fsp3) is 0.400. The van der Waals surface area contributed by atoms with E-state index in [0.29, 0.717) is 18.2 Å². The van der Waals surface area contributed by atoms with Crippen molar-refractivity contribution in [3.05, 3.63) is 42.1 Å². The molecule has 2 heterocycles. The van der Waals surface area contributed by atoms with Gasteiger partial charge in [0, 0.05) is 17.8 Å². The zero-order valence-corrected chi connectivity index (χ0v) is 12.3. The third kappa shape index (κ3) is 4.59. The second-order valence-electron chi connectivity index (χ2n) is 5.69. The molecule has 0 radical (unpaired) electrons. The minimum absolute atomic E-state index is 0.0599. The molecule has 0 aliphatic heterocycles. The smallest absolute Gasteiger partial charge is 0.237 e. The SMILES string of the molecule is Cc1ccc(Oc2cnc(CNC(C)(C)C)cn2)cn1. The number of aromatic nitrogens is 3. The topological polar surface area (TPSA) is 59.9 Å². The molecule has 0 saturated heterocycles. The molecule has 0 atom stereocenters. The lowest BCUT2D eigenvalue weighted by molar-refractivity contribution is 0.418. The highest BCUT2D eigenvalue weighted by Gasteiger charge is 2.09. The Morgan fingerprint density at radius 3 is 2.40 bits per heavy atom. The van der Waals surface area contributed by atoms with Gasteiger partial charge in [0.05, 0.1) is 24.3 Å². The number of hydrogen-bond donors (Lipinski definition) is 1. The number of ether oxygens (including phenoxy) is 1. The van der Waals surface area contributed by atoms with Crippen molar-refractivity contribution in [1.29, 1.82) is 0 Å². The lowest BCUT2D eigenvalue weighted by Crippen LogP contribution is -2.35. The molecule has 5 nitrogen and oxygen atoms in total. The normalized spacial score (nSPS) is 11.4. The molecule has 0 unspecified atom stereocenters. The van der Waals surface area contributed by atoms with Crippen molar-refractivity contribution >= 4 is 0 Å². The van der Waals surface area contributed by atoms with Crippen molar-refractivity contribution < 1.29 is 4.74 Å². The largest absolute Gasteiger partial charge is 0.436 e. The van der Waals surface area contributed by atoms with Gasteiger partial charge in [-0.25, -0.2) is 4.98 Å². The molecule has 0 bridgehead atoms. The lowest BCUT2D eigenvalue weighted by Gasteiger charge is -2.19. The van der Waals surface area contributed by atoms with Crippen LogP contribution in [0.3, 0.4) is 0 Å². The van der Waals surface area contributed by atoms with Crippen LogP contribution in [0.5, 0.6) is 11.6 Å². The van der Waals surface area contributed by atoms with Crippen molar-refractivity contribution in [1.82, 2.24) is 20.3 Å². The average Bonchev–Trinajstić information content (AvgIpc) is 2.40. The molecule has 0 amide bonds. The highest BCUT2D eigenvalue weighted by Crippen LogP contribution is 2.17. The molecule has 2 aromatic rings. The van der Waals surface area contributed by atoms with Gasteiger partial charge in [-0.2, -0.15) is 0 Å². The fourth-order valence-corrected chi connectivity index (χ4v) is 1.48. The minimum atomic E-state index is 0.0599. The van der Waals surface area contributed by atoms with Gasteiger partial charge in [0.2, 0.25) is 5.88 Å². The van der Waals surface area contributed by atoms with E-state index in [1.165, 1.54) is 0 Å². The summed E-state index contributed by atoms with van der Waals surface area (Å²) in [5.41, 5.74) is 1.89. The molecule has 106 valence electrons. The van der Waals surface area contributed by atoms with E-state index in [1.807, 2.05) is 19.1 Å². The van der Waals surface area contributed by atoms with Crippen LogP contribution in [0, 0.1) is 6.92 Å². The Morgan fingerprint density at radius 2 is 1.85 bits per heavy atom. The molecule has 0 aromatic carbocycles. The molecule has 0 aliphatic rings. The van der Waals surface area contributed by atoms with Crippen molar-refractivity contribution in [3.8, 4) is 11.6 Å². The van der Waals surface area contributed by atoms with Crippen LogP contribution in [0.2, 0.25) is 0 Å². The maximum absolute atomic E-state index is 5.58. The van der Waals surface area contributed by atoms with Gasteiger partial charge in [0.25, 0.3) is 0 Å². The van der Waals surface area contributed by atoms with Gasteiger partial charge in [0.15, 0.2) is 0 Å². The van der Waals surface area contributed by atoms with Gasteiger partial charge >= 0.3 is 0 Å². The molecule has 0 spiro atoms. The van der Waals surface area contributed by atoms with Crippen molar-refractivity contribution in [3.63, 3.8) is 0 Å². The maximum atomic E-state index is 5.58. The summed E-state index contributed by atoms with van der Waals surface area (Å²) >= 11 is 0. The molecule has 0 aliphatic carbocycles. The second-order valence-corrected chi connectivity index (χ2v) is 5.69. The molecule has 2 rings (SSSR count). The maximum Gasteiger partial charge on any atom is 0.237 e. The van der Waals surface area contributed by atoms with Crippen LogP contribution in [0.25, 0.3) is 0 Å². The summed E-state index contributed by atoms with van der Waals surface area (Å²) in [6, 6.07) is 3.75. The first-order valence-electron chi connectivity index (χ1n) is 6.59. The predicted molar refractivity (Wildman–Crippen MR) is 77.7 cm³/mol. The van der Waals surface area contributed by atoms with Crippen LogP contribution in [0.4, 0.5) is 0 Å². The van der Waals surface area contributed by atoms with Gasteiger partial charge in [-0.1, -0.05) is 0 Å². The Balaban J connectivity index is 1.96. The van der Waals surface area contributed by atoms with Crippen molar-refractivity contribution in [2.45, 2.75) is 39.8 Å². The number of nitrogens with one attached hydrogen (secondary N) is 1. The molecule has 2 aromatic heterocycles. The minimum Gasteiger partial charge on any atom is -0.436 e. The summed E-state index contributed by atoms with van der Waals surface area (Å²) < 4.78 is 5.58. The highest BCUT2D eigenvalue weighted by molar-refractivity contribution is 5.24. The van der Waals surface area contributed by atoms with Gasteiger partial charge in [-0.15, -0.1) is 0 Å². The zero-order valence-electron chi connectivity index (χ0n) is 12.3. The van der Waals surface area contributed by atoms with E-state index in [0.717, 1.165) is 11.4 Å². The van der Waals surface area contributed by atoms with Crippen molar-refractivity contribution in [2.75, 3.05) is 0 Å². The second kappa shape index (κ2) is 5.96.